The molecule has 0 aliphatic carbocycles. The highest BCUT2D eigenvalue weighted by Gasteiger charge is 2.15. The first-order chi connectivity index (χ1) is 10.0. The maximum atomic E-state index is 3.79. The molecule has 1 heterocycles. The minimum atomic E-state index is 0.237. The van der Waals surface area contributed by atoms with Gasteiger partial charge in [0.2, 0.25) is 0 Å². The molecular formula is C18H23NS2. The Bertz CT molecular complexity index is 593. The first-order valence-corrected chi connectivity index (χ1v) is 8.96. The van der Waals surface area contributed by atoms with Gasteiger partial charge in [-0.1, -0.05) is 39.0 Å². The van der Waals surface area contributed by atoms with Crippen molar-refractivity contribution in [3.05, 3.63) is 58.8 Å². The fourth-order valence-corrected chi connectivity index (χ4v) is 3.72. The van der Waals surface area contributed by atoms with Crippen LogP contribution in [0.25, 0.3) is 0 Å². The third kappa shape index (κ3) is 4.65. The van der Waals surface area contributed by atoms with Gasteiger partial charge in [-0.3, -0.25) is 0 Å². The van der Waals surface area contributed by atoms with Crippen LogP contribution in [-0.2, 0) is 12.0 Å². The summed E-state index contributed by atoms with van der Waals surface area (Å²) in [6.07, 6.45) is 1.94. The molecule has 0 unspecified atom stereocenters. The summed E-state index contributed by atoms with van der Waals surface area (Å²) in [6.45, 7) is 11.5. The maximum absolute atomic E-state index is 3.79. The second kappa shape index (κ2) is 7.19. The molecule has 1 nitrogen and oxygen atoms in total. The first kappa shape index (κ1) is 16.2. The quantitative estimate of drug-likeness (QED) is 0.523. The number of hydrogen-bond acceptors (Lipinski definition) is 3. The third-order valence-corrected chi connectivity index (χ3v) is 5.68. The van der Waals surface area contributed by atoms with Gasteiger partial charge < -0.3 is 5.32 Å². The van der Waals surface area contributed by atoms with E-state index < -0.39 is 0 Å². The second-order valence-corrected chi connectivity index (χ2v) is 8.20. The molecule has 0 amide bonds. The van der Waals surface area contributed by atoms with Gasteiger partial charge >= 0.3 is 0 Å². The highest BCUT2D eigenvalue weighted by Crippen LogP contribution is 2.31. The van der Waals surface area contributed by atoms with E-state index in [0.29, 0.717) is 0 Å². The molecule has 0 aliphatic heterocycles. The zero-order chi connectivity index (χ0) is 15.3. The average molecular weight is 318 g/mol. The monoisotopic (exact) mass is 317 g/mol. The number of anilines is 1. The van der Waals surface area contributed by atoms with Crippen LogP contribution in [0.2, 0.25) is 0 Å². The Hall–Kier alpha value is -1.19. The molecule has 1 aromatic heterocycles. The van der Waals surface area contributed by atoms with Gasteiger partial charge in [0.05, 0.1) is 0 Å². The minimum Gasteiger partial charge on any atom is -0.379 e. The van der Waals surface area contributed by atoms with E-state index in [2.05, 4.69) is 69.1 Å². The first-order valence-electron chi connectivity index (χ1n) is 7.16. The minimum absolute atomic E-state index is 0.237. The van der Waals surface area contributed by atoms with E-state index in [9.17, 15) is 0 Å². The Balaban J connectivity index is 2.03. The second-order valence-electron chi connectivity index (χ2n) is 5.97. The lowest BCUT2D eigenvalue weighted by molar-refractivity contribution is 0.604. The number of thiophene rings is 1. The Kier molecular flexibility index (Phi) is 5.54. The van der Waals surface area contributed by atoms with Crippen LogP contribution < -0.4 is 5.32 Å². The fourth-order valence-electron chi connectivity index (χ4n) is 1.95. The molecule has 0 saturated heterocycles. The van der Waals surface area contributed by atoms with Crippen LogP contribution in [-0.4, -0.2) is 5.75 Å². The smallest absolute Gasteiger partial charge is 0.0494 e. The van der Waals surface area contributed by atoms with Gasteiger partial charge in [-0.15, -0.1) is 29.7 Å². The molecule has 112 valence electrons. The lowest BCUT2D eigenvalue weighted by Crippen LogP contribution is -2.07. The molecule has 1 aromatic carbocycles. The summed E-state index contributed by atoms with van der Waals surface area (Å²) in [5, 5.41) is 3.56. The molecule has 1 N–H and O–H groups in total. The fraction of sp³-hybridized carbons (Fsp3) is 0.333. The van der Waals surface area contributed by atoms with Gasteiger partial charge in [-0.2, -0.15) is 0 Å². The van der Waals surface area contributed by atoms with Gasteiger partial charge in [0.1, 0.15) is 0 Å². The summed E-state index contributed by atoms with van der Waals surface area (Å²) in [5.74, 6) is 0.936. The predicted molar refractivity (Wildman–Crippen MR) is 97.7 cm³/mol. The number of para-hydroxylation sites is 1. The van der Waals surface area contributed by atoms with Gasteiger partial charge in [-0.25, -0.2) is 0 Å². The van der Waals surface area contributed by atoms with Crippen molar-refractivity contribution in [3.8, 4) is 0 Å². The van der Waals surface area contributed by atoms with Crippen molar-refractivity contribution >= 4 is 28.8 Å². The van der Waals surface area contributed by atoms with Crippen LogP contribution in [0.3, 0.4) is 0 Å². The Morgan fingerprint density at radius 1 is 1.19 bits per heavy atom. The number of benzene rings is 1. The molecule has 0 bridgehead atoms. The van der Waals surface area contributed by atoms with Crippen LogP contribution in [0.5, 0.6) is 0 Å². The Labute approximate surface area is 136 Å². The predicted octanol–water partition coefficient (Wildman–Crippen LogP) is 5.94. The number of hydrogen-bond donors (Lipinski definition) is 1. The summed E-state index contributed by atoms with van der Waals surface area (Å²) < 4.78 is 0. The molecule has 2 rings (SSSR count). The molecule has 0 atom stereocenters. The van der Waals surface area contributed by atoms with Gasteiger partial charge in [0.15, 0.2) is 0 Å². The van der Waals surface area contributed by atoms with Crippen LogP contribution in [0.4, 0.5) is 5.69 Å². The topological polar surface area (TPSA) is 12.0 Å². The van der Waals surface area contributed by atoms with Crippen molar-refractivity contribution in [1.82, 2.24) is 0 Å². The SMILES string of the molecule is C=CCSc1ccccc1NCc1ccc(C(C)(C)C)s1. The van der Waals surface area contributed by atoms with Crippen LogP contribution in [0.15, 0.2) is 53.9 Å². The zero-order valence-electron chi connectivity index (χ0n) is 13.0. The van der Waals surface area contributed by atoms with E-state index in [-0.39, 0.29) is 5.41 Å². The van der Waals surface area contributed by atoms with E-state index in [1.54, 1.807) is 0 Å². The van der Waals surface area contributed by atoms with Crippen LogP contribution >= 0.6 is 23.1 Å². The molecule has 0 aliphatic rings. The third-order valence-electron chi connectivity index (χ3n) is 3.10. The lowest BCUT2D eigenvalue weighted by atomic mass is 9.95. The van der Waals surface area contributed by atoms with E-state index in [1.807, 2.05) is 29.2 Å². The Morgan fingerprint density at radius 2 is 1.95 bits per heavy atom. The van der Waals surface area contributed by atoms with Crippen LogP contribution in [0, 0.1) is 0 Å². The van der Waals surface area contributed by atoms with Crippen molar-refractivity contribution < 1.29 is 0 Å². The summed E-state index contributed by atoms with van der Waals surface area (Å²) in [4.78, 5) is 4.10. The normalized spacial score (nSPS) is 11.4. The summed E-state index contributed by atoms with van der Waals surface area (Å²) in [6, 6.07) is 12.9. The molecular weight excluding hydrogens is 294 g/mol. The molecule has 3 heteroatoms. The number of rotatable bonds is 6. The van der Waals surface area contributed by atoms with Crippen molar-refractivity contribution in [2.45, 2.75) is 37.6 Å². The van der Waals surface area contributed by atoms with Gasteiger partial charge in [-0.05, 0) is 29.7 Å². The van der Waals surface area contributed by atoms with Crippen LogP contribution in [0.1, 0.15) is 30.5 Å². The zero-order valence-corrected chi connectivity index (χ0v) is 14.6. The lowest BCUT2D eigenvalue weighted by Gasteiger charge is -2.15. The highest BCUT2D eigenvalue weighted by atomic mass is 32.2. The van der Waals surface area contributed by atoms with E-state index in [0.717, 1.165) is 12.3 Å². The largest absolute Gasteiger partial charge is 0.379 e. The molecule has 0 spiro atoms. The summed E-state index contributed by atoms with van der Waals surface area (Å²) in [7, 11) is 0. The van der Waals surface area contributed by atoms with E-state index in [4.69, 9.17) is 0 Å². The molecule has 2 aromatic rings. The molecule has 0 saturated carbocycles. The molecule has 0 radical (unpaired) electrons. The van der Waals surface area contributed by atoms with Crippen molar-refractivity contribution in [3.63, 3.8) is 0 Å². The summed E-state index contributed by atoms with van der Waals surface area (Å²) in [5.41, 5.74) is 1.44. The summed E-state index contributed by atoms with van der Waals surface area (Å²) >= 11 is 3.71. The van der Waals surface area contributed by atoms with Crippen molar-refractivity contribution in [2.75, 3.05) is 11.1 Å². The molecule has 21 heavy (non-hydrogen) atoms. The van der Waals surface area contributed by atoms with Crippen molar-refractivity contribution in [2.24, 2.45) is 0 Å². The number of thioether (sulfide) groups is 1. The standard InChI is InChI=1S/C18H23NS2/c1-5-12-20-16-9-7-6-8-15(16)19-13-14-10-11-17(21-14)18(2,3)4/h5-11,19H,1,12-13H2,2-4H3. The maximum Gasteiger partial charge on any atom is 0.0494 e. The highest BCUT2D eigenvalue weighted by molar-refractivity contribution is 7.99. The number of nitrogens with one attached hydrogen (secondary N) is 1. The van der Waals surface area contributed by atoms with Gasteiger partial charge in [0.25, 0.3) is 0 Å². The molecule has 0 fully saturated rings. The van der Waals surface area contributed by atoms with E-state index >= 15 is 0 Å². The van der Waals surface area contributed by atoms with Gasteiger partial charge in [0, 0.05) is 32.6 Å². The Morgan fingerprint density at radius 3 is 2.62 bits per heavy atom. The van der Waals surface area contributed by atoms with Crippen molar-refractivity contribution in [1.29, 1.82) is 0 Å². The van der Waals surface area contributed by atoms with E-state index in [1.165, 1.54) is 20.3 Å². The average Bonchev–Trinajstić information content (AvgIpc) is 2.92.